The normalized spacial score (nSPS) is 10.4. The van der Waals surface area contributed by atoms with Crippen molar-refractivity contribution in [1.82, 2.24) is 14.5 Å². The van der Waals surface area contributed by atoms with Gasteiger partial charge in [0.1, 0.15) is 0 Å². The minimum atomic E-state index is -0.803. The number of nitrogens with two attached hydrogens (primary N) is 1. The summed E-state index contributed by atoms with van der Waals surface area (Å²) in [5, 5.41) is 0. The summed E-state index contributed by atoms with van der Waals surface area (Å²) in [4.78, 5) is 47.8. The number of H-pyrrole nitrogens is 2. The number of hydrogen-bond acceptors (Lipinski definition) is 4. The first kappa shape index (κ1) is 13.9. The topological polar surface area (TPSA) is 131 Å². The molecule has 0 bridgehead atoms. The van der Waals surface area contributed by atoms with Gasteiger partial charge in [-0.1, -0.05) is 12.8 Å². The van der Waals surface area contributed by atoms with Gasteiger partial charge in [0.25, 0.3) is 0 Å². The van der Waals surface area contributed by atoms with Crippen LogP contribution in [-0.2, 0) is 11.3 Å². The molecular weight excluding hydrogens is 240 g/mol. The molecule has 18 heavy (non-hydrogen) atoms. The second kappa shape index (κ2) is 6.58. The van der Waals surface area contributed by atoms with Crippen LogP contribution >= 0.6 is 0 Å². The summed E-state index contributed by atoms with van der Waals surface area (Å²) in [6.07, 6.45) is 3.25. The quantitative estimate of drug-likeness (QED) is 0.521. The number of rotatable bonds is 7. The molecule has 8 heteroatoms. The third-order valence-electron chi connectivity index (χ3n) is 2.49. The molecule has 0 aliphatic heterocycles. The van der Waals surface area contributed by atoms with Gasteiger partial charge in [0.2, 0.25) is 5.91 Å². The van der Waals surface area contributed by atoms with Crippen molar-refractivity contribution in [3.05, 3.63) is 31.5 Å². The van der Waals surface area contributed by atoms with Gasteiger partial charge in [0, 0.05) is 13.0 Å². The molecule has 1 rings (SSSR count). The van der Waals surface area contributed by atoms with Gasteiger partial charge in [0.05, 0.1) is 0 Å². The molecule has 0 aliphatic carbocycles. The van der Waals surface area contributed by atoms with Crippen LogP contribution in [-0.4, -0.2) is 20.4 Å². The molecule has 1 amide bonds. The molecule has 100 valence electrons. The molecule has 0 atom stereocenters. The van der Waals surface area contributed by atoms with Crippen molar-refractivity contribution in [3.8, 4) is 0 Å². The van der Waals surface area contributed by atoms with Crippen molar-refractivity contribution < 1.29 is 4.79 Å². The smallest absolute Gasteiger partial charge is 0.333 e. The summed E-state index contributed by atoms with van der Waals surface area (Å²) in [7, 11) is 0. The third-order valence-corrected chi connectivity index (χ3v) is 2.49. The van der Waals surface area contributed by atoms with E-state index in [1.165, 1.54) is 0 Å². The van der Waals surface area contributed by atoms with Crippen molar-refractivity contribution in [2.45, 2.75) is 38.6 Å². The zero-order valence-corrected chi connectivity index (χ0v) is 9.90. The van der Waals surface area contributed by atoms with Crippen molar-refractivity contribution in [3.63, 3.8) is 0 Å². The minimum absolute atomic E-state index is 0.238. The number of unbranched alkanes of at least 4 members (excludes halogenated alkanes) is 3. The molecule has 0 saturated carbocycles. The second-order valence-corrected chi connectivity index (χ2v) is 3.97. The van der Waals surface area contributed by atoms with E-state index in [4.69, 9.17) is 5.73 Å². The summed E-state index contributed by atoms with van der Waals surface area (Å²) in [5.74, 6) is -0.330. The van der Waals surface area contributed by atoms with Crippen LogP contribution in [0.2, 0.25) is 0 Å². The van der Waals surface area contributed by atoms with E-state index in [-0.39, 0.29) is 12.5 Å². The molecule has 0 unspecified atom stereocenters. The van der Waals surface area contributed by atoms with Crippen LogP contribution in [0.15, 0.2) is 14.4 Å². The number of aromatic amines is 2. The number of hydrogen-bond donors (Lipinski definition) is 3. The molecule has 0 spiro atoms. The maximum Gasteiger partial charge on any atom is 0.333 e. The fourth-order valence-electron chi connectivity index (χ4n) is 1.58. The van der Waals surface area contributed by atoms with Crippen LogP contribution in [0.3, 0.4) is 0 Å². The largest absolute Gasteiger partial charge is 0.370 e. The lowest BCUT2D eigenvalue weighted by Gasteiger charge is -2.02. The zero-order chi connectivity index (χ0) is 13.5. The zero-order valence-electron chi connectivity index (χ0n) is 9.90. The van der Waals surface area contributed by atoms with E-state index in [1.54, 1.807) is 0 Å². The summed E-state index contributed by atoms with van der Waals surface area (Å²) in [6.45, 7) is 0.238. The highest BCUT2D eigenvalue weighted by atomic mass is 16.2. The molecule has 1 aromatic heterocycles. The molecule has 8 nitrogen and oxygen atoms in total. The maximum atomic E-state index is 11.3. The Morgan fingerprint density at radius 1 is 1.00 bits per heavy atom. The predicted octanol–water partition coefficient (Wildman–Crippen LogP) is -1.34. The van der Waals surface area contributed by atoms with Crippen LogP contribution < -0.4 is 22.8 Å². The lowest BCUT2D eigenvalue weighted by Crippen LogP contribution is -2.43. The summed E-state index contributed by atoms with van der Waals surface area (Å²) in [6, 6.07) is 0. The number of nitrogens with zero attached hydrogens (tertiary/aromatic N) is 1. The van der Waals surface area contributed by atoms with Gasteiger partial charge < -0.3 is 5.73 Å². The Bertz CT molecular complexity index is 534. The molecule has 1 heterocycles. The van der Waals surface area contributed by atoms with Gasteiger partial charge in [-0.2, -0.15) is 0 Å². The summed E-state index contributed by atoms with van der Waals surface area (Å²) < 4.78 is 0.940. The van der Waals surface area contributed by atoms with Crippen molar-refractivity contribution >= 4 is 5.91 Å². The lowest BCUT2D eigenvalue weighted by molar-refractivity contribution is -0.118. The maximum absolute atomic E-state index is 11.3. The predicted molar refractivity (Wildman–Crippen MR) is 64.2 cm³/mol. The number of carbonyl (C=O) groups is 1. The SMILES string of the molecule is NC(=O)CCCCCCn1c(=O)[nH]c(=O)[nH]c1=O. The molecule has 0 saturated heterocycles. The number of primary amides is 1. The number of nitrogens with one attached hydrogen (secondary N) is 2. The van der Waals surface area contributed by atoms with Gasteiger partial charge >= 0.3 is 17.1 Å². The number of aromatic nitrogens is 3. The number of carbonyl (C=O) groups excluding carboxylic acids is 1. The van der Waals surface area contributed by atoms with Gasteiger partial charge in [-0.3, -0.25) is 14.8 Å². The van der Waals surface area contributed by atoms with E-state index in [0.29, 0.717) is 19.3 Å². The molecule has 0 aromatic carbocycles. The molecular formula is C10H16N4O4. The van der Waals surface area contributed by atoms with Gasteiger partial charge in [-0.05, 0) is 12.8 Å². The monoisotopic (exact) mass is 256 g/mol. The Hall–Kier alpha value is -2.12. The average molecular weight is 256 g/mol. The Kier molecular flexibility index (Phi) is 5.09. The summed E-state index contributed by atoms with van der Waals surface area (Å²) in [5.41, 5.74) is 2.77. The fraction of sp³-hybridized carbons (Fsp3) is 0.600. The van der Waals surface area contributed by atoms with E-state index in [2.05, 4.69) is 0 Å². The van der Waals surface area contributed by atoms with Crippen molar-refractivity contribution in [1.29, 1.82) is 0 Å². The van der Waals surface area contributed by atoms with Crippen molar-refractivity contribution in [2.24, 2.45) is 5.73 Å². The highest BCUT2D eigenvalue weighted by Crippen LogP contribution is 2.02. The molecule has 4 N–H and O–H groups in total. The van der Waals surface area contributed by atoms with Crippen molar-refractivity contribution in [2.75, 3.05) is 0 Å². The van der Waals surface area contributed by atoms with E-state index in [0.717, 1.165) is 17.4 Å². The van der Waals surface area contributed by atoms with Gasteiger partial charge in [0.15, 0.2) is 0 Å². The van der Waals surface area contributed by atoms with Crippen LogP contribution in [0.25, 0.3) is 0 Å². The Morgan fingerprint density at radius 3 is 2.11 bits per heavy atom. The average Bonchev–Trinajstić information content (AvgIpc) is 2.25. The molecule has 0 aliphatic rings. The molecule has 0 radical (unpaired) electrons. The lowest BCUT2D eigenvalue weighted by atomic mass is 10.1. The molecule has 1 aromatic rings. The Balaban J connectivity index is 2.41. The van der Waals surface area contributed by atoms with Crippen LogP contribution in [0.5, 0.6) is 0 Å². The highest BCUT2D eigenvalue weighted by molar-refractivity contribution is 5.73. The Labute approximate surface area is 102 Å². The van der Waals surface area contributed by atoms with Crippen LogP contribution in [0, 0.1) is 0 Å². The molecule has 0 fully saturated rings. The van der Waals surface area contributed by atoms with Gasteiger partial charge in [-0.25, -0.2) is 19.0 Å². The van der Waals surface area contributed by atoms with E-state index < -0.39 is 17.1 Å². The summed E-state index contributed by atoms with van der Waals surface area (Å²) >= 11 is 0. The van der Waals surface area contributed by atoms with E-state index in [1.807, 2.05) is 9.97 Å². The number of amides is 1. The minimum Gasteiger partial charge on any atom is -0.370 e. The van der Waals surface area contributed by atoms with Crippen LogP contribution in [0.4, 0.5) is 0 Å². The first-order valence-electron chi connectivity index (χ1n) is 5.72. The second-order valence-electron chi connectivity index (χ2n) is 3.97. The highest BCUT2D eigenvalue weighted by Gasteiger charge is 2.02. The van der Waals surface area contributed by atoms with Crippen LogP contribution in [0.1, 0.15) is 32.1 Å². The van der Waals surface area contributed by atoms with Gasteiger partial charge in [-0.15, -0.1) is 0 Å². The fourth-order valence-corrected chi connectivity index (χ4v) is 1.58. The van der Waals surface area contributed by atoms with E-state index in [9.17, 15) is 19.2 Å². The van der Waals surface area contributed by atoms with E-state index >= 15 is 0 Å². The Morgan fingerprint density at radius 2 is 1.56 bits per heavy atom. The first-order valence-corrected chi connectivity index (χ1v) is 5.72. The standard InChI is InChI=1S/C10H16N4O4/c11-7(15)5-3-1-2-4-6-14-9(17)12-8(16)13-10(14)18/h1-6H2,(H2,11,15)(H2,12,13,16,17,18). The first-order chi connectivity index (χ1) is 8.50. The third kappa shape index (κ3) is 4.40.